The van der Waals surface area contributed by atoms with Gasteiger partial charge in [0, 0.05) is 35.6 Å². The quantitative estimate of drug-likeness (QED) is 0.141. The van der Waals surface area contributed by atoms with E-state index >= 15 is 0 Å². The number of nitrogens with two attached hydrogens (primary N) is 1. The van der Waals surface area contributed by atoms with E-state index in [0.717, 1.165) is 11.8 Å². The van der Waals surface area contributed by atoms with Gasteiger partial charge in [0.05, 0.1) is 23.1 Å². The number of amides is 2. The van der Waals surface area contributed by atoms with Gasteiger partial charge in [-0.05, 0) is 30.4 Å². The van der Waals surface area contributed by atoms with Crippen molar-refractivity contribution in [2.45, 2.75) is 50.2 Å². The molecule has 0 aromatic heterocycles. The number of hydrogen-bond acceptors (Lipinski definition) is 9. The summed E-state index contributed by atoms with van der Waals surface area (Å²) in [5.41, 5.74) is 0.650. The fourth-order valence-corrected chi connectivity index (χ4v) is 6.14. The molecule has 198 valence electrons. The minimum absolute atomic E-state index is 0.00932. The van der Waals surface area contributed by atoms with Crippen LogP contribution in [0.4, 0.5) is 5.69 Å². The lowest BCUT2D eigenvalue weighted by Gasteiger charge is -2.51. The van der Waals surface area contributed by atoms with Crippen LogP contribution in [-0.4, -0.2) is 65.9 Å². The van der Waals surface area contributed by atoms with Crippen molar-refractivity contribution >= 4 is 50.7 Å². The number of hydrogen-bond donors (Lipinski definition) is 8. The summed E-state index contributed by atoms with van der Waals surface area (Å²) in [5, 5.41) is 66.9. The summed E-state index contributed by atoms with van der Waals surface area (Å²) < 4.78 is 0. The fraction of sp³-hybridized carbons (Fsp3) is 0.440. The molecule has 2 amide bonds. The third-order valence-electron chi connectivity index (χ3n) is 7.61. The highest BCUT2D eigenvalue weighted by Gasteiger charge is 2.64. The summed E-state index contributed by atoms with van der Waals surface area (Å²) in [5.74, 6) is -7.63. The number of halogens is 1. The second kappa shape index (κ2) is 9.58. The second-order valence-corrected chi connectivity index (χ2v) is 10.4. The number of fused-ring (bicyclic) bond motifs is 3. The third kappa shape index (κ3) is 3.94. The summed E-state index contributed by atoms with van der Waals surface area (Å²) in [6.07, 6.45) is -0.400. The zero-order chi connectivity index (χ0) is 27.4. The smallest absolute Gasteiger partial charge is 0.254 e. The molecule has 1 aromatic rings. The Balaban J connectivity index is 1.82. The molecule has 1 aromatic carbocycles. The van der Waals surface area contributed by atoms with Gasteiger partial charge in [-0.1, -0.05) is 28.9 Å². The van der Waals surface area contributed by atoms with Crippen LogP contribution < -0.4 is 11.1 Å². The fourth-order valence-electron chi connectivity index (χ4n) is 5.74. The highest BCUT2D eigenvalue weighted by molar-refractivity contribution is 9.09. The largest absolute Gasteiger partial charge is 0.511 e. The monoisotopic (exact) mass is 577 g/mol. The van der Waals surface area contributed by atoms with E-state index in [1.807, 2.05) is 0 Å². The zero-order valence-electron chi connectivity index (χ0n) is 19.9. The van der Waals surface area contributed by atoms with E-state index in [-0.39, 0.29) is 23.6 Å². The van der Waals surface area contributed by atoms with Gasteiger partial charge in [-0.15, -0.1) is 0 Å². The van der Waals surface area contributed by atoms with Crippen LogP contribution in [0.1, 0.15) is 49.7 Å². The number of primary amides is 1. The number of benzene rings is 1. The molecule has 3 aliphatic carbocycles. The van der Waals surface area contributed by atoms with E-state index in [2.05, 4.69) is 21.2 Å². The summed E-state index contributed by atoms with van der Waals surface area (Å²) >= 11 is 3.29. The molecule has 0 bridgehead atoms. The lowest BCUT2D eigenvalue weighted by atomic mass is 9.55. The van der Waals surface area contributed by atoms with Crippen molar-refractivity contribution in [3.8, 4) is 5.75 Å². The molecule has 2 unspecified atom stereocenters. The number of phenols is 1. The van der Waals surface area contributed by atoms with Gasteiger partial charge in [0.25, 0.3) is 5.91 Å². The van der Waals surface area contributed by atoms with Crippen LogP contribution in [0.3, 0.4) is 0 Å². The van der Waals surface area contributed by atoms with Crippen molar-refractivity contribution in [1.82, 2.24) is 0 Å². The third-order valence-corrected chi connectivity index (χ3v) is 8.17. The first-order valence-corrected chi connectivity index (χ1v) is 12.9. The molecule has 0 heterocycles. The number of carbonyl (C=O) groups excluding carboxylic acids is 3. The van der Waals surface area contributed by atoms with Crippen molar-refractivity contribution in [2.24, 2.45) is 17.6 Å². The van der Waals surface area contributed by atoms with Gasteiger partial charge >= 0.3 is 0 Å². The maximum absolute atomic E-state index is 13.7. The number of aliphatic hydroxyl groups excluding tert-OH is 3. The molecule has 0 saturated heterocycles. The molecular formula is C25H28BrN3O8. The van der Waals surface area contributed by atoms with Gasteiger partial charge in [0.1, 0.15) is 22.8 Å². The molecule has 1 saturated carbocycles. The number of Topliss-reactive ketones (excluding diaryl/α,β-unsaturated/α-hetero) is 1. The van der Waals surface area contributed by atoms with Crippen LogP contribution in [0.25, 0.3) is 5.76 Å². The number of unbranched alkanes of at least 4 members (excludes halogenated alkanes) is 1. The highest BCUT2D eigenvalue weighted by atomic mass is 79.9. The summed E-state index contributed by atoms with van der Waals surface area (Å²) in [7, 11) is 0. The SMILES string of the molecule is C[C@H]1c2ccc(NC(=O)CCCCBr)c(O)c2C(O)=C2C(=O)[C@]3(O)C(=N)C(C(N)=O)=C(O)CC3[C@@H](O)C21. The Bertz CT molecular complexity index is 1290. The van der Waals surface area contributed by atoms with Crippen molar-refractivity contribution in [2.75, 3.05) is 10.6 Å². The molecule has 0 radical (unpaired) electrons. The van der Waals surface area contributed by atoms with Crippen LogP contribution in [0.5, 0.6) is 5.75 Å². The first-order valence-electron chi connectivity index (χ1n) is 11.8. The number of alkyl halides is 1. The number of anilines is 1. The Hall–Kier alpha value is -3.22. The molecule has 1 fully saturated rings. The van der Waals surface area contributed by atoms with Crippen LogP contribution >= 0.6 is 15.9 Å². The highest BCUT2D eigenvalue weighted by Crippen LogP contribution is 2.55. The molecule has 4 rings (SSSR count). The molecule has 11 nitrogen and oxygen atoms in total. The average molecular weight is 578 g/mol. The van der Waals surface area contributed by atoms with Crippen molar-refractivity contribution < 1.29 is 39.9 Å². The predicted octanol–water partition coefficient (Wildman–Crippen LogP) is 1.91. The zero-order valence-corrected chi connectivity index (χ0v) is 21.5. The Kier molecular flexibility index (Phi) is 6.95. The summed E-state index contributed by atoms with van der Waals surface area (Å²) in [4.78, 5) is 37.9. The second-order valence-electron chi connectivity index (χ2n) is 9.65. The topological polar surface area (TPSA) is 214 Å². The maximum Gasteiger partial charge on any atom is 0.254 e. The van der Waals surface area contributed by atoms with Gasteiger partial charge in [0.2, 0.25) is 11.7 Å². The van der Waals surface area contributed by atoms with Crippen LogP contribution in [0, 0.1) is 17.2 Å². The first-order chi connectivity index (χ1) is 17.4. The Morgan fingerprint density at radius 2 is 1.92 bits per heavy atom. The number of phenolic OH excluding ortho intramolecular Hbond substituents is 1. The molecule has 3 aliphatic rings. The molecule has 0 spiro atoms. The van der Waals surface area contributed by atoms with Gasteiger partial charge in [-0.3, -0.25) is 14.4 Å². The van der Waals surface area contributed by atoms with Gasteiger partial charge in [-0.25, -0.2) is 0 Å². The van der Waals surface area contributed by atoms with E-state index in [1.165, 1.54) is 6.07 Å². The van der Waals surface area contributed by atoms with E-state index < -0.39 is 81.7 Å². The lowest BCUT2D eigenvalue weighted by molar-refractivity contribution is -0.146. The van der Waals surface area contributed by atoms with Crippen molar-refractivity contribution in [1.29, 1.82) is 5.41 Å². The summed E-state index contributed by atoms with van der Waals surface area (Å²) in [6.45, 7) is 1.66. The van der Waals surface area contributed by atoms with Gasteiger partial charge in [0.15, 0.2) is 5.60 Å². The van der Waals surface area contributed by atoms with Crippen LogP contribution in [0.15, 0.2) is 29.0 Å². The predicted molar refractivity (Wildman–Crippen MR) is 136 cm³/mol. The van der Waals surface area contributed by atoms with Gasteiger partial charge in [-0.2, -0.15) is 0 Å². The minimum Gasteiger partial charge on any atom is -0.511 e. The van der Waals surface area contributed by atoms with Crippen LogP contribution in [-0.2, 0) is 14.4 Å². The molecular weight excluding hydrogens is 550 g/mol. The minimum atomic E-state index is -2.75. The molecule has 9 N–H and O–H groups in total. The lowest BCUT2D eigenvalue weighted by Crippen LogP contribution is -2.66. The Morgan fingerprint density at radius 1 is 1.24 bits per heavy atom. The molecule has 5 atom stereocenters. The average Bonchev–Trinajstić information content (AvgIpc) is 2.83. The van der Waals surface area contributed by atoms with Crippen molar-refractivity contribution in [3.05, 3.63) is 40.2 Å². The number of aromatic hydroxyl groups is 1. The van der Waals surface area contributed by atoms with E-state index in [0.29, 0.717) is 12.0 Å². The maximum atomic E-state index is 13.7. The number of nitrogens with one attached hydrogen (secondary N) is 2. The van der Waals surface area contributed by atoms with Gasteiger partial charge < -0.3 is 42.0 Å². The molecule has 0 aliphatic heterocycles. The first kappa shape index (κ1) is 26.8. The number of carbonyl (C=O) groups is 3. The number of ketones is 1. The molecule has 12 heteroatoms. The number of allylic oxidation sites excluding steroid dienone is 1. The van der Waals surface area contributed by atoms with Crippen LogP contribution in [0.2, 0.25) is 0 Å². The summed E-state index contributed by atoms with van der Waals surface area (Å²) in [6, 6.07) is 3.02. The number of rotatable bonds is 6. The normalized spacial score (nSPS) is 29.0. The Morgan fingerprint density at radius 3 is 2.54 bits per heavy atom. The Labute approximate surface area is 220 Å². The van der Waals surface area contributed by atoms with E-state index in [1.54, 1.807) is 13.0 Å². The van der Waals surface area contributed by atoms with E-state index in [4.69, 9.17) is 11.1 Å². The standard InChI is InChI=1S/C25H28BrN3O8/c1-9-10-5-6-12(29-14(31)4-2-3-7-26)20(33)16(10)21(34)18-15(9)19(32)11-8-13(30)17(24(28)36)22(27)25(11,37)23(18)35/h5-6,9,11,15,19,27,30,32-34,37H,2-4,7-8H2,1H3,(H2,28,36)(H,29,31)/t9-,11?,15?,19+,25+/m0/s1. The van der Waals surface area contributed by atoms with E-state index in [9.17, 15) is 39.9 Å². The van der Waals surface area contributed by atoms with Crippen molar-refractivity contribution in [3.63, 3.8) is 0 Å². The molecule has 37 heavy (non-hydrogen) atoms. The number of aliphatic hydroxyl groups is 4.